The minimum atomic E-state index is -0.379. The Balaban J connectivity index is 1.79. The van der Waals surface area contributed by atoms with Gasteiger partial charge in [0.15, 0.2) is 0 Å². The fourth-order valence-corrected chi connectivity index (χ4v) is 2.80. The number of aliphatic hydroxyl groups excluding tert-OH is 1. The zero-order valence-electron chi connectivity index (χ0n) is 11.7. The molecule has 112 valence electrons. The van der Waals surface area contributed by atoms with Crippen molar-refractivity contribution in [2.75, 3.05) is 39.3 Å². The maximum absolute atomic E-state index is 13.9. The van der Waals surface area contributed by atoms with Gasteiger partial charge in [0.2, 0.25) is 0 Å². The highest BCUT2D eigenvalue weighted by Crippen LogP contribution is 2.23. The Morgan fingerprint density at radius 1 is 1.29 bits per heavy atom. The predicted octanol–water partition coefficient (Wildman–Crippen LogP) is 1.06. The molecule has 21 heavy (non-hydrogen) atoms. The van der Waals surface area contributed by atoms with Crippen molar-refractivity contribution in [1.82, 2.24) is 14.8 Å². The summed E-state index contributed by atoms with van der Waals surface area (Å²) in [5.74, 6) is -0.522. The molecule has 1 aromatic heterocycles. The summed E-state index contributed by atoms with van der Waals surface area (Å²) < 4.78 is 13.9. The van der Waals surface area contributed by atoms with E-state index >= 15 is 0 Å². The number of rotatable bonds is 3. The van der Waals surface area contributed by atoms with E-state index in [0.29, 0.717) is 36.1 Å². The Hall–Kier alpha value is -1.92. The molecule has 0 radical (unpaired) electrons. The van der Waals surface area contributed by atoms with Gasteiger partial charge >= 0.3 is 0 Å². The van der Waals surface area contributed by atoms with Crippen LogP contribution < -0.4 is 0 Å². The summed E-state index contributed by atoms with van der Waals surface area (Å²) in [4.78, 5) is 19.4. The van der Waals surface area contributed by atoms with Crippen molar-refractivity contribution in [1.29, 1.82) is 0 Å². The molecule has 5 nitrogen and oxygen atoms in total. The molecule has 0 spiro atoms. The minimum absolute atomic E-state index is 0.127. The molecular weight excluding hydrogens is 273 g/mol. The summed E-state index contributed by atoms with van der Waals surface area (Å²) in [6.45, 7) is 3.42. The average molecular weight is 291 g/mol. The van der Waals surface area contributed by atoms with Gasteiger partial charge in [-0.25, -0.2) is 4.39 Å². The van der Waals surface area contributed by atoms with Crippen LogP contribution >= 0.6 is 0 Å². The molecule has 0 unspecified atom stereocenters. The molecule has 2 aromatic rings. The Bertz CT molecular complexity index is 647. The molecule has 0 saturated carbocycles. The molecule has 0 atom stereocenters. The molecule has 0 bridgehead atoms. The van der Waals surface area contributed by atoms with Crippen LogP contribution in [0.5, 0.6) is 0 Å². The second kappa shape index (κ2) is 5.83. The second-order valence-electron chi connectivity index (χ2n) is 5.22. The molecule has 2 heterocycles. The summed E-state index contributed by atoms with van der Waals surface area (Å²) >= 11 is 0. The monoisotopic (exact) mass is 291 g/mol. The lowest BCUT2D eigenvalue weighted by Gasteiger charge is -2.34. The number of benzene rings is 1. The number of fused-ring (bicyclic) bond motifs is 1. The first kappa shape index (κ1) is 14.0. The maximum atomic E-state index is 13.9. The van der Waals surface area contributed by atoms with Crippen molar-refractivity contribution < 1.29 is 14.3 Å². The normalized spacial score (nSPS) is 16.6. The third kappa shape index (κ3) is 2.64. The van der Waals surface area contributed by atoms with Crippen LogP contribution in [-0.4, -0.2) is 65.1 Å². The first-order chi connectivity index (χ1) is 10.2. The Morgan fingerprint density at radius 3 is 2.76 bits per heavy atom. The Kier molecular flexibility index (Phi) is 3.90. The Labute approximate surface area is 122 Å². The van der Waals surface area contributed by atoms with Gasteiger partial charge in [-0.3, -0.25) is 9.69 Å². The molecule has 1 fully saturated rings. The van der Waals surface area contributed by atoms with Gasteiger partial charge in [-0.05, 0) is 12.1 Å². The van der Waals surface area contributed by atoms with Gasteiger partial charge in [-0.2, -0.15) is 0 Å². The number of β-amino-alcohol motifs (C(OH)–C–C–N with tert-alkyl or cyclic N) is 1. The largest absolute Gasteiger partial charge is 0.395 e. The number of aromatic nitrogens is 1. The van der Waals surface area contributed by atoms with E-state index in [1.807, 2.05) is 0 Å². The van der Waals surface area contributed by atoms with Crippen molar-refractivity contribution in [3.05, 3.63) is 35.8 Å². The molecule has 2 N–H and O–H groups in total. The number of aromatic amines is 1. The number of nitrogens with zero attached hydrogens (tertiary/aromatic N) is 2. The van der Waals surface area contributed by atoms with Crippen molar-refractivity contribution >= 4 is 16.8 Å². The highest BCUT2D eigenvalue weighted by Gasteiger charge is 2.24. The molecule has 0 aliphatic carbocycles. The summed E-state index contributed by atoms with van der Waals surface area (Å²) in [6, 6.07) is 4.75. The number of amides is 1. The number of hydrogen-bond acceptors (Lipinski definition) is 3. The molecule has 3 rings (SSSR count). The van der Waals surface area contributed by atoms with Crippen LogP contribution in [0.4, 0.5) is 4.39 Å². The van der Waals surface area contributed by atoms with Gasteiger partial charge in [-0.1, -0.05) is 6.07 Å². The van der Waals surface area contributed by atoms with Crippen molar-refractivity contribution in [3.63, 3.8) is 0 Å². The van der Waals surface area contributed by atoms with Gasteiger partial charge in [0, 0.05) is 49.8 Å². The molecule has 1 aliphatic rings. The lowest BCUT2D eigenvalue weighted by atomic mass is 10.1. The molecule has 6 heteroatoms. The molecular formula is C15H18FN3O2. The number of nitrogens with one attached hydrogen (secondary N) is 1. The third-order valence-corrected chi connectivity index (χ3v) is 3.96. The summed E-state index contributed by atoms with van der Waals surface area (Å²) in [5, 5.41) is 9.29. The number of hydrogen-bond donors (Lipinski definition) is 2. The van der Waals surface area contributed by atoms with Gasteiger partial charge in [-0.15, -0.1) is 0 Å². The quantitative estimate of drug-likeness (QED) is 0.889. The van der Waals surface area contributed by atoms with E-state index in [1.165, 1.54) is 6.07 Å². The van der Waals surface area contributed by atoms with E-state index in [0.717, 1.165) is 13.1 Å². The van der Waals surface area contributed by atoms with Crippen LogP contribution in [0.3, 0.4) is 0 Å². The maximum Gasteiger partial charge on any atom is 0.256 e. The molecule has 1 amide bonds. The lowest BCUT2D eigenvalue weighted by molar-refractivity contribution is 0.0616. The van der Waals surface area contributed by atoms with Crippen LogP contribution in [-0.2, 0) is 0 Å². The number of H-pyrrole nitrogens is 1. The highest BCUT2D eigenvalue weighted by atomic mass is 19.1. The second-order valence-corrected chi connectivity index (χ2v) is 5.22. The van der Waals surface area contributed by atoms with Crippen molar-refractivity contribution in [3.8, 4) is 0 Å². The summed E-state index contributed by atoms with van der Waals surface area (Å²) in [6.07, 6.45) is 1.58. The van der Waals surface area contributed by atoms with Crippen LogP contribution in [0.1, 0.15) is 10.4 Å². The number of carbonyl (C=O) groups is 1. The number of aliphatic hydroxyl groups is 1. The molecule has 1 aliphatic heterocycles. The fraction of sp³-hybridized carbons (Fsp3) is 0.400. The highest BCUT2D eigenvalue weighted by molar-refractivity contribution is 6.06. The van der Waals surface area contributed by atoms with E-state index in [9.17, 15) is 9.18 Å². The number of piperazine rings is 1. The van der Waals surface area contributed by atoms with Gasteiger partial charge in [0.1, 0.15) is 5.82 Å². The van der Waals surface area contributed by atoms with Crippen LogP contribution in [0, 0.1) is 5.82 Å². The standard InChI is InChI=1S/C15H18FN3O2/c16-12-2-1-3-13-14(12)11(10-17-13)15(21)19-6-4-18(5-7-19)8-9-20/h1-3,10,17,20H,4-9H2. The zero-order chi connectivity index (χ0) is 14.8. The minimum Gasteiger partial charge on any atom is -0.395 e. The number of halogens is 1. The van der Waals surface area contributed by atoms with Gasteiger partial charge in [0.25, 0.3) is 5.91 Å². The number of carbonyl (C=O) groups excluding carboxylic acids is 1. The third-order valence-electron chi connectivity index (χ3n) is 3.96. The first-order valence-corrected chi connectivity index (χ1v) is 7.09. The van der Waals surface area contributed by atoms with Crippen LogP contribution in [0.2, 0.25) is 0 Å². The SMILES string of the molecule is O=C(c1c[nH]c2cccc(F)c12)N1CCN(CCO)CC1. The van der Waals surface area contributed by atoms with Crippen molar-refractivity contribution in [2.45, 2.75) is 0 Å². The molecule has 1 aromatic carbocycles. The lowest BCUT2D eigenvalue weighted by Crippen LogP contribution is -2.49. The smallest absolute Gasteiger partial charge is 0.256 e. The first-order valence-electron chi connectivity index (χ1n) is 7.09. The average Bonchev–Trinajstić information content (AvgIpc) is 2.93. The van der Waals surface area contributed by atoms with Gasteiger partial charge < -0.3 is 15.0 Å². The van der Waals surface area contributed by atoms with E-state index in [-0.39, 0.29) is 18.3 Å². The van der Waals surface area contributed by atoms with E-state index in [2.05, 4.69) is 9.88 Å². The molecule has 1 saturated heterocycles. The summed E-state index contributed by atoms with van der Waals surface area (Å²) in [7, 11) is 0. The van der Waals surface area contributed by atoms with E-state index in [1.54, 1.807) is 23.2 Å². The van der Waals surface area contributed by atoms with Crippen LogP contribution in [0.25, 0.3) is 10.9 Å². The topological polar surface area (TPSA) is 59.6 Å². The van der Waals surface area contributed by atoms with E-state index < -0.39 is 0 Å². The summed E-state index contributed by atoms with van der Waals surface area (Å²) in [5.41, 5.74) is 1.02. The van der Waals surface area contributed by atoms with Crippen LogP contribution in [0.15, 0.2) is 24.4 Å². The van der Waals surface area contributed by atoms with Crippen molar-refractivity contribution in [2.24, 2.45) is 0 Å². The zero-order valence-corrected chi connectivity index (χ0v) is 11.7. The van der Waals surface area contributed by atoms with Gasteiger partial charge in [0.05, 0.1) is 12.2 Å². The fourth-order valence-electron chi connectivity index (χ4n) is 2.80. The van der Waals surface area contributed by atoms with E-state index in [4.69, 9.17) is 5.11 Å². The predicted molar refractivity (Wildman–Crippen MR) is 77.7 cm³/mol. The Morgan fingerprint density at radius 2 is 2.05 bits per heavy atom.